The van der Waals surface area contributed by atoms with Gasteiger partial charge in [-0.3, -0.25) is 0 Å². The summed E-state index contributed by atoms with van der Waals surface area (Å²) in [5, 5.41) is 10.3. The first-order valence-corrected chi connectivity index (χ1v) is 7.17. The minimum Gasteiger partial charge on any atom is -0.383 e. The highest BCUT2D eigenvalue weighted by molar-refractivity contribution is 9.11. The number of halogens is 2. The minimum atomic E-state index is -0.538. The van der Waals surface area contributed by atoms with Crippen molar-refractivity contribution in [2.24, 2.45) is 0 Å². The van der Waals surface area contributed by atoms with Crippen LogP contribution in [0.5, 0.6) is 0 Å². The van der Waals surface area contributed by atoms with Crippen LogP contribution >= 0.6 is 43.2 Å². The summed E-state index contributed by atoms with van der Waals surface area (Å²) in [6.07, 6.45) is -0.538. The van der Waals surface area contributed by atoms with E-state index in [1.165, 1.54) is 0 Å². The van der Waals surface area contributed by atoms with Crippen molar-refractivity contribution in [3.05, 3.63) is 54.6 Å². The van der Waals surface area contributed by atoms with Crippen LogP contribution in [0.4, 0.5) is 0 Å². The first kappa shape index (κ1) is 12.3. The molecule has 0 bridgehead atoms. The maximum atomic E-state index is 10.3. The van der Waals surface area contributed by atoms with Crippen molar-refractivity contribution in [1.82, 2.24) is 0 Å². The Morgan fingerprint density at radius 1 is 1.19 bits per heavy atom. The molecular formula is C12H10Br2OS. The van der Waals surface area contributed by atoms with Gasteiger partial charge in [-0.2, -0.15) is 0 Å². The highest BCUT2D eigenvalue weighted by Gasteiger charge is 2.14. The van der Waals surface area contributed by atoms with Crippen molar-refractivity contribution in [3.8, 4) is 0 Å². The third kappa shape index (κ3) is 2.56. The van der Waals surface area contributed by atoms with Crippen LogP contribution in [-0.2, 0) is 0 Å². The van der Waals surface area contributed by atoms with Crippen molar-refractivity contribution in [2.45, 2.75) is 13.0 Å². The van der Waals surface area contributed by atoms with Gasteiger partial charge < -0.3 is 5.11 Å². The van der Waals surface area contributed by atoms with E-state index < -0.39 is 6.10 Å². The van der Waals surface area contributed by atoms with Crippen LogP contribution in [0, 0.1) is 6.92 Å². The predicted octanol–water partition coefficient (Wildman–Crippen LogP) is 4.66. The van der Waals surface area contributed by atoms with Gasteiger partial charge in [0.05, 0.1) is 3.79 Å². The van der Waals surface area contributed by atoms with Crippen LogP contribution in [0.1, 0.15) is 22.1 Å². The molecule has 4 heteroatoms. The van der Waals surface area contributed by atoms with Crippen LogP contribution in [0.25, 0.3) is 0 Å². The van der Waals surface area contributed by atoms with Gasteiger partial charge in [-0.15, -0.1) is 11.3 Å². The van der Waals surface area contributed by atoms with Crippen molar-refractivity contribution >= 4 is 43.2 Å². The Kier molecular flexibility index (Phi) is 3.85. The van der Waals surface area contributed by atoms with E-state index in [0.29, 0.717) is 0 Å². The minimum absolute atomic E-state index is 0.538. The quantitative estimate of drug-likeness (QED) is 0.824. The lowest BCUT2D eigenvalue weighted by atomic mass is 10.0. The largest absolute Gasteiger partial charge is 0.383 e. The van der Waals surface area contributed by atoms with Gasteiger partial charge in [-0.25, -0.2) is 0 Å². The Labute approximate surface area is 115 Å². The van der Waals surface area contributed by atoms with Crippen molar-refractivity contribution in [3.63, 3.8) is 0 Å². The van der Waals surface area contributed by atoms with Gasteiger partial charge >= 0.3 is 0 Å². The summed E-state index contributed by atoms with van der Waals surface area (Å²) in [7, 11) is 0. The van der Waals surface area contributed by atoms with E-state index in [1.807, 2.05) is 37.3 Å². The second-order valence-corrected chi connectivity index (χ2v) is 6.96. The van der Waals surface area contributed by atoms with E-state index in [4.69, 9.17) is 0 Å². The summed E-state index contributed by atoms with van der Waals surface area (Å²) in [6, 6.07) is 9.82. The van der Waals surface area contributed by atoms with Crippen molar-refractivity contribution in [2.75, 3.05) is 0 Å². The molecular weight excluding hydrogens is 352 g/mol. The fourth-order valence-corrected chi connectivity index (χ4v) is 3.48. The summed E-state index contributed by atoms with van der Waals surface area (Å²) in [5.74, 6) is 0. The molecule has 1 heterocycles. The van der Waals surface area contributed by atoms with Crippen molar-refractivity contribution < 1.29 is 5.11 Å². The van der Waals surface area contributed by atoms with Gasteiger partial charge in [0.15, 0.2) is 0 Å². The highest BCUT2D eigenvalue weighted by atomic mass is 79.9. The fourth-order valence-electron chi connectivity index (χ4n) is 1.57. The number of hydrogen-bond acceptors (Lipinski definition) is 2. The molecule has 1 nitrogen and oxygen atoms in total. The topological polar surface area (TPSA) is 20.2 Å². The number of benzene rings is 1. The molecule has 2 rings (SSSR count). The average Bonchev–Trinajstić information content (AvgIpc) is 2.64. The van der Waals surface area contributed by atoms with E-state index in [1.54, 1.807) is 11.3 Å². The smallest absolute Gasteiger partial charge is 0.113 e. The maximum Gasteiger partial charge on any atom is 0.113 e. The summed E-state index contributed by atoms with van der Waals surface area (Å²) < 4.78 is 2.07. The Balaban J connectivity index is 2.37. The number of rotatable bonds is 2. The number of aryl methyl sites for hydroxylation is 1. The van der Waals surface area contributed by atoms with Gasteiger partial charge in [0.1, 0.15) is 6.10 Å². The third-order valence-corrected chi connectivity index (χ3v) is 4.56. The van der Waals surface area contributed by atoms with Gasteiger partial charge in [-0.1, -0.05) is 22.0 Å². The molecule has 84 valence electrons. The van der Waals surface area contributed by atoms with Crippen LogP contribution < -0.4 is 0 Å². The lowest BCUT2D eigenvalue weighted by Gasteiger charge is -2.12. The Morgan fingerprint density at radius 3 is 2.50 bits per heavy atom. The van der Waals surface area contributed by atoms with Crippen molar-refractivity contribution in [1.29, 1.82) is 0 Å². The molecule has 2 aromatic rings. The molecule has 0 aliphatic rings. The summed E-state index contributed by atoms with van der Waals surface area (Å²) >= 11 is 8.38. The molecule has 0 aliphatic carbocycles. The molecule has 1 unspecified atom stereocenters. The lowest BCUT2D eigenvalue weighted by molar-refractivity contribution is 0.223. The van der Waals surface area contributed by atoms with Gasteiger partial charge in [-0.05, 0) is 58.2 Å². The zero-order valence-corrected chi connectivity index (χ0v) is 12.6. The van der Waals surface area contributed by atoms with E-state index >= 15 is 0 Å². The predicted molar refractivity (Wildman–Crippen MR) is 75.0 cm³/mol. The van der Waals surface area contributed by atoms with E-state index in [9.17, 15) is 5.11 Å². The second kappa shape index (κ2) is 5.00. The molecule has 16 heavy (non-hydrogen) atoms. The zero-order chi connectivity index (χ0) is 11.7. The van der Waals surface area contributed by atoms with Gasteiger partial charge in [0.2, 0.25) is 0 Å². The number of thiophene rings is 1. The van der Waals surface area contributed by atoms with Crippen LogP contribution in [-0.4, -0.2) is 5.11 Å². The van der Waals surface area contributed by atoms with E-state index in [2.05, 4.69) is 31.9 Å². The molecule has 1 atom stereocenters. The Hall–Kier alpha value is -0.160. The highest BCUT2D eigenvalue weighted by Crippen LogP contribution is 2.33. The first-order valence-electron chi connectivity index (χ1n) is 4.77. The van der Waals surface area contributed by atoms with E-state index in [-0.39, 0.29) is 0 Å². The second-order valence-electron chi connectivity index (χ2n) is 3.55. The maximum absolute atomic E-state index is 10.3. The summed E-state index contributed by atoms with van der Waals surface area (Å²) in [5.41, 5.74) is 2.05. The third-order valence-electron chi connectivity index (χ3n) is 2.39. The SMILES string of the molecule is Cc1cc(Br)ccc1C(O)c1ccc(Br)s1. The molecule has 1 aromatic carbocycles. The number of aliphatic hydroxyl groups excluding tert-OH is 1. The molecule has 0 aliphatic heterocycles. The molecule has 0 radical (unpaired) electrons. The number of aliphatic hydroxyl groups is 1. The number of hydrogen-bond donors (Lipinski definition) is 1. The van der Waals surface area contributed by atoms with Crippen LogP contribution in [0.15, 0.2) is 38.6 Å². The zero-order valence-electron chi connectivity index (χ0n) is 8.58. The summed E-state index contributed by atoms with van der Waals surface area (Å²) in [6.45, 7) is 2.01. The molecule has 0 saturated carbocycles. The molecule has 1 N–H and O–H groups in total. The van der Waals surface area contributed by atoms with Crippen LogP contribution in [0.3, 0.4) is 0 Å². The monoisotopic (exact) mass is 360 g/mol. The van der Waals surface area contributed by atoms with Gasteiger partial charge in [0, 0.05) is 9.35 Å². The molecule has 0 fully saturated rings. The lowest BCUT2D eigenvalue weighted by Crippen LogP contribution is -1.99. The molecule has 0 amide bonds. The fraction of sp³-hybridized carbons (Fsp3) is 0.167. The molecule has 0 spiro atoms. The molecule has 1 aromatic heterocycles. The normalized spacial score (nSPS) is 12.8. The Morgan fingerprint density at radius 2 is 1.94 bits per heavy atom. The standard InChI is InChI=1S/C12H10Br2OS/c1-7-6-8(13)2-3-9(7)12(15)10-4-5-11(14)16-10/h2-6,12,15H,1H3. The van der Waals surface area contributed by atoms with Gasteiger partial charge in [0.25, 0.3) is 0 Å². The van der Waals surface area contributed by atoms with E-state index in [0.717, 1.165) is 24.3 Å². The summed E-state index contributed by atoms with van der Waals surface area (Å²) in [4.78, 5) is 0.956. The Bertz CT molecular complexity index is 507. The average molecular weight is 362 g/mol. The molecule has 0 saturated heterocycles. The van der Waals surface area contributed by atoms with Crippen LogP contribution in [0.2, 0.25) is 0 Å². The first-order chi connectivity index (χ1) is 7.58.